The van der Waals surface area contributed by atoms with Crippen molar-refractivity contribution in [2.45, 2.75) is 25.4 Å². The zero-order chi connectivity index (χ0) is 15.5. The molecule has 1 saturated heterocycles. The van der Waals surface area contributed by atoms with Crippen LogP contribution in [0.4, 0.5) is 0 Å². The molecule has 0 spiro atoms. The van der Waals surface area contributed by atoms with Crippen LogP contribution >= 0.6 is 0 Å². The number of benzene rings is 1. The predicted molar refractivity (Wildman–Crippen MR) is 77.8 cm³/mol. The first-order valence-corrected chi connectivity index (χ1v) is 7.04. The second-order valence-corrected chi connectivity index (χ2v) is 5.32. The average molecular weight is 297 g/mol. The van der Waals surface area contributed by atoms with Gasteiger partial charge in [-0.05, 0) is 31.5 Å². The minimum absolute atomic E-state index is 0.0692. The lowest BCUT2D eigenvalue weighted by atomic mass is 10.1. The highest BCUT2D eigenvalue weighted by Gasteiger charge is 2.25. The van der Waals surface area contributed by atoms with E-state index in [1.54, 1.807) is 24.3 Å². The molecule has 1 aromatic carbocycles. The van der Waals surface area contributed by atoms with Crippen LogP contribution in [0.5, 0.6) is 0 Å². The first kappa shape index (κ1) is 14.2. The zero-order valence-corrected chi connectivity index (χ0v) is 12.0. The number of aromatic nitrogens is 2. The van der Waals surface area contributed by atoms with Gasteiger partial charge in [-0.25, -0.2) is 0 Å². The van der Waals surface area contributed by atoms with Crippen LogP contribution in [0.1, 0.15) is 29.6 Å². The third-order valence-electron chi connectivity index (χ3n) is 3.54. The highest BCUT2D eigenvalue weighted by atomic mass is 16.4. The molecule has 112 valence electrons. The molecule has 2 atom stereocenters. The SMILES string of the molecule is C[C@@H]1C[C@@H](NC(=O)c2nnc(-c3cccc(C#N)c3)o2)CN1. The Morgan fingerprint density at radius 2 is 2.36 bits per heavy atom. The van der Waals surface area contributed by atoms with E-state index in [1.807, 2.05) is 6.07 Å². The Labute approximate surface area is 127 Å². The number of hydrogen-bond acceptors (Lipinski definition) is 6. The molecule has 0 saturated carbocycles. The van der Waals surface area contributed by atoms with Gasteiger partial charge in [0.25, 0.3) is 0 Å². The molecule has 0 unspecified atom stereocenters. The number of carbonyl (C=O) groups is 1. The summed E-state index contributed by atoms with van der Waals surface area (Å²) in [7, 11) is 0. The fourth-order valence-electron chi connectivity index (χ4n) is 2.45. The molecule has 22 heavy (non-hydrogen) atoms. The minimum atomic E-state index is -0.379. The number of nitriles is 1. The smallest absolute Gasteiger partial charge is 0.309 e. The number of carbonyl (C=O) groups excluding carboxylic acids is 1. The van der Waals surface area contributed by atoms with Gasteiger partial charge in [-0.1, -0.05) is 6.07 Å². The topological polar surface area (TPSA) is 104 Å². The third-order valence-corrected chi connectivity index (χ3v) is 3.54. The van der Waals surface area contributed by atoms with Gasteiger partial charge in [0.15, 0.2) is 0 Å². The maximum Gasteiger partial charge on any atom is 0.309 e. The second kappa shape index (κ2) is 5.95. The number of hydrogen-bond donors (Lipinski definition) is 2. The maximum atomic E-state index is 12.1. The Morgan fingerprint density at radius 3 is 3.09 bits per heavy atom. The van der Waals surface area contributed by atoms with Crippen LogP contribution in [-0.2, 0) is 0 Å². The van der Waals surface area contributed by atoms with E-state index in [0.29, 0.717) is 17.2 Å². The third kappa shape index (κ3) is 2.97. The molecule has 7 nitrogen and oxygen atoms in total. The van der Waals surface area contributed by atoms with E-state index in [4.69, 9.17) is 9.68 Å². The zero-order valence-electron chi connectivity index (χ0n) is 12.0. The summed E-state index contributed by atoms with van der Waals surface area (Å²) in [6.07, 6.45) is 0.872. The summed E-state index contributed by atoms with van der Waals surface area (Å²) in [5, 5.41) is 22.7. The Bertz CT molecular complexity index is 734. The quantitative estimate of drug-likeness (QED) is 0.878. The average Bonchev–Trinajstić information content (AvgIpc) is 3.16. The predicted octanol–water partition coefficient (Wildman–Crippen LogP) is 1.09. The van der Waals surface area contributed by atoms with E-state index in [2.05, 4.69) is 27.8 Å². The Hall–Kier alpha value is -2.72. The molecule has 2 heterocycles. The minimum Gasteiger partial charge on any atom is -0.412 e. The molecule has 2 N–H and O–H groups in total. The van der Waals surface area contributed by atoms with E-state index < -0.39 is 0 Å². The first-order valence-electron chi connectivity index (χ1n) is 7.04. The van der Waals surface area contributed by atoms with E-state index >= 15 is 0 Å². The van der Waals surface area contributed by atoms with Gasteiger partial charge in [-0.2, -0.15) is 5.26 Å². The van der Waals surface area contributed by atoms with Crippen LogP contribution in [0.3, 0.4) is 0 Å². The number of nitrogens with one attached hydrogen (secondary N) is 2. The lowest BCUT2D eigenvalue weighted by molar-refractivity contribution is 0.0905. The largest absolute Gasteiger partial charge is 0.412 e. The normalized spacial score (nSPS) is 20.5. The molecular weight excluding hydrogens is 282 g/mol. The molecule has 0 bridgehead atoms. The van der Waals surface area contributed by atoms with Gasteiger partial charge in [-0.3, -0.25) is 4.79 Å². The van der Waals surface area contributed by atoms with Gasteiger partial charge < -0.3 is 15.1 Å². The summed E-state index contributed by atoms with van der Waals surface area (Å²) in [6, 6.07) is 9.29. The highest BCUT2D eigenvalue weighted by Crippen LogP contribution is 2.19. The molecule has 1 fully saturated rings. The molecule has 1 amide bonds. The van der Waals surface area contributed by atoms with Crippen molar-refractivity contribution in [2.24, 2.45) is 0 Å². The van der Waals surface area contributed by atoms with E-state index in [0.717, 1.165) is 13.0 Å². The van der Waals surface area contributed by atoms with Crippen molar-refractivity contribution >= 4 is 5.91 Å². The Balaban J connectivity index is 1.73. The van der Waals surface area contributed by atoms with Gasteiger partial charge in [0.05, 0.1) is 11.6 Å². The monoisotopic (exact) mass is 297 g/mol. The van der Waals surface area contributed by atoms with Crippen molar-refractivity contribution in [3.8, 4) is 17.5 Å². The summed E-state index contributed by atoms with van der Waals surface area (Å²) in [5.74, 6) is -0.229. The van der Waals surface area contributed by atoms with E-state index in [-0.39, 0.29) is 23.7 Å². The molecule has 2 aromatic rings. The molecule has 3 rings (SSSR count). The van der Waals surface area contributed by atoms with Gasteiger partial charge in [0.1, 0.15) is 0 Å². The van der Waals surface area contributed by atoms with Gasteiger partial charge in [-0.15, -0.1) is 10.2 Å². The van der Waals surface area contributed by atoms with Crippen LogP contribution in [-0.4, -0.2) is 34.7 Å². The summed E-state index contributed by atoms with van der Waals surface area (Å²) in [6.45, 7) is 2.80. The molecule has 0 radical (unpaired) electrons. The van der Waals surface area contributed by atoms with Crippen molar-refractivity contribution < 1.29 is 9.21 Å². The fourth-order valence-corrected chi connectivity index (χ4v) is 2.45. The number of amides is 1. The molecule has 0 aliphatic carbocycles. The van der Waals surface area contributed by atoms with Crippen LogP contribution in [0.25, 0.3) is 11.5 Å². The summed E-state index contributed by atoms with van der Waals surface area (Å²) < 4.78 is 5.40. The lowest BCUT2D eigenvalue weighted by Crippen LogP contribution is -2.36. The van der Waals surface area contributed by atoms with Crippen LogP contribution < -0.4 is 10.6 Å². The van der Waals surface area contributed by atoms with Crippen LogP contribution in [0, 0.1) is 11.3 Å². The fraction of sp³-hybridized carbons (Fsp3) is 0.333. The molecule has 7 heteroatoms. The van der Waals surface area contributed by atoms with Gasteiger partial charge >= 0.3 is 11.8 Å². The van der Waals surface area contributed by atoms with Crippen LogP contribution in [0.15, 0.2) is 28.7 Å². The van der Waals surface area contributed by atoms with Crippen molar-refractivity contribution in [2.75, 3.05) is 6.54 Å². The lowest BCUT2D eigenvalue weighted by Gasteiger charge is -2.08. The van der Waals surface area contributed by atoms with E-state index in [1.165, 1.54) is 0 Å². The highest BCUT2D eigenvalue weighted by molar-refractivity contribution is 5.90. The molecule has 1 aromatic heterocycles. The summed E-state index contributed by atoms with van der Waals surface area (Å²) in [5.41, 5.74) is 1.11. The Kier molecular flexibility index (Phi) is 3.85. The number of nitrogens with zero attached hydrogens (tertiary/aromatic N) is 3. The first-order chi connectivity index (χ1) is 10.7. The maximum absolute atomic E-state index is 12.1. The number of rotatable bonds is 3. The van der Waals surface area contributed by atoms with E-state index in [9.17, 15) is 4.79 Å². The summed E-state index contributed by atoms with van der Waals surface area (Å²) >= 11 is 0. The van der Waals surface area contributed by atoms with Crippen molar-refractivity contribution in [3.05, 3.63) is 35.7 Å². The summed E-state index contributed by atoms with van der Waals surface area (Å²) in [4.78, 5) is 12.1. The standard InChI is InChI=1S/C15H15N5O2/c1-9-5-12(8-17-9)18-13(21)15-20-19-14(22-15)11-4-2-3-10(6-11)7-16/h2-4,6,9,12,17H,5,8H2,1H3,(H,18,21)/t9-,12-/m1/s1. The van der Waals surface area contributed by atoms with Crippen molar-refractivity contribution in [1.82, 2.24) is 20.8 Å². The van der Waals surface area contributed by atoms with Gasteiger partial charge in [0.2, 0.25) is 5.89 Å². The van der Waals surface area contributed by atoms with Crippen LogP contribution in [0.2, 0.25) is 0 Å². The Morgan fingerprint density at radius 1 is 1.50 bits per heavy atom. The molecule has 1 aliphatic heterocycles. The van der Waals surface area contributed by atoms with Crippen molar-refractivity contribution in [3.63, 3.8) is 0 Å². The second-order valence-electron chi connectivity index (χ2n) is 5.32. The molecule has 1 aliphatic rings. The van der Waals surface area contributed by atoms with Crippen molar-refractivity contribution in [1.29, 1.82) is 5.26 Å². The van der Waals surface area contributed by atoms with Gasteiger partial charge in [0, 0.05) is 24.2 Å². The molecular formula is C15H15N5O2.